The summed E-state index contributed by atoms with van der Waals surface area (Å²) in [6.07, 6.45) is 5.58. The van der Waals surface area contributed by atoms with Gasteiger partial charge in [-0.15, -0.1) is 0 Å². The monoisotopic (exact) mass is 296 g/mol. The molecule has 0 aromatic heterocycles. The predicted octanol–water partition coefficient (Wildman–Crippen LogP) is 2.01. The van der Waals surface area contributed by atoms with Crippen molar-refractivity contribution < 1.29 is 14.7 Å². The fraction of sp³-hybridized carbons (Fsp3) is 0.875. The van der Waals surface area contributed by atoms with Crippen LogP contribution >= 0.6 is 0 Å². The van der Waals surface area contributed by atoms with Gasteiger partial charge in [0.25, 0.3) is 0 Å². The molecule has 120 valence electrons. The number of carbonyl (C=O) groups excluding carboxylic acids is 1. The highest BCUT2D eigenvalue weighted by atomic mass is 16.4. The highest BCUT2D eigenvalue weighted by Gasteiger charge is 2.38. The highest BCUT2D eigenvalue weighted by molar-refractivity contribution is 5.85. The number of piperidine rings is 1. The summed E-state index contributed by atoms with van der Waals surface area (Å²) in [5, 5.41) is 12.5. The molecule has 0 aromatic rings. The number of carboxylic acid groups (broad SMARTS) is 1. The average molecular weight is 296 g/mol. The number of carbonyl (C=O) groups is 2. The van der Waals surface area contributed by atoms with Gasteiger partial charge < -0.3 is 15.3 Å². The van der Waals surface area contributed by atoms with Crippen molar-refractivity contribution in [3.05, 3.63) is 0 Å². The molecule has 0 radical (unpaired) electrons. The molecule has 2 rings (SSSR count). The second-order valence-corrected chi connectivity index (χ2v) is 6.59. The number of hydrogen-bond acceptors (Lipinski definition) is 3. The Morgan fingerprint density at radius 3 is 2.57 bits per heavy atom. The first-order chi connectivity index (χ1) is 10.0. The summed E-state index contributed by atoms with van der Waals surface area (Å²) in [7, 11) is 0. The van der Waals surface area contributed by atoms with Crippen LogP contribution in [-0.2, 0) is 9.59 Å². The Morgan fingerprint density at radius 1 is 1.24 bits per heavy atom. The Hall–Kier alpha value is -1.10. The minimum absolute atomic E-state index is 0.0974. The van der Waals surface area contributed by atoms with Gasteiger partial charge in [-0.2, -0.15) is 0 Å². The average Bonchev–Trinajstić information content (AvgIpc) is 2.92. The lowest BCUT2D eigenvalue weighted by atomic mass is 9.79. The number of rotatable bonds is 6. The van der Waals surface area contributed by atoms with E-state index >= 15 is 0 Å². The molecule has 2 aliphatic rings. The summed E-state index contributed by atoms with van der Waals surface area (Å²) in [5.41, 5.74) is -0.905. The molecule has 2 atom stereocenters. The molecule has 1 amide bonds. The van der Waals surface area contributed by atoms with E-state index in [-0.39, 0.29) is 18.4 Å². The summed E-state index contributed by atoms with van der Waals surface area (Å²) < 4.78 is 0. The maximum absolute atomic E-state index is 12.3. The Kier molecular flexibility index (Phi) is 5.25. The van der Waals surface area contributed by atoms with Gasteiger partial charge in [-0.3, -0.25) is 9.59 Å². The molecule has 2 fully saturated rings. The number of fused-ring (bicyclic) bond motifs is 1. The second-order valence-electron chi connectivity index (χ2n) is 6.59. The molecule has 5 heteroatoms. The highest BCUT2D eigenvalue weighted by Crippen LogP contribution is 2.31. The molecular formula is C16H28N2O3. The Bertz CT molecular complexity index is 393. The zero-order valence-corrected chi connectivity index (χ0v) is 13.2. The van der Waals surface area contributed by atoms with E-state index in [0.29, 0.717) is 18.9 Å². The first-order valence-electron chi connectivity index (χ1n) is 8.27. The number of nitrogens with one attached hydrogen (secondary N) is 1. The van der Waals surface area contributed by atoms with Gasteiger partial charge in [0, 0.05) is 25.0 Å². The Labute approximate surface area is 127 Å². The van der Waals surface area contributed by atoms with Crippen LogP contribution in [0.15, 0.2) is 0 Å². The molecule has 2 unspecified atom stereocenters. The minimum Gasteiger partial charge on any atom is -0.481 e. The van der Waals surface area contributed by atoms with E-state index in [4.69, 9.17) is 0 Å². The second kappa shape index (κ2) is 6.77. The van der Waals surface area contributed by atoms with Crippen LogP contribution in [0.25, 0.3) is 0 Å². The number of carboxylic acids is 1. The normalized spacial score (nSPS) is 26.4. The quantitative estimate of drug-likeness (QED) is 0.786. The molecule has 0 spiro atoms. The number of hydrogen-bond donors (Lipinski definition) is 2. The first kappa shape index (κ1) is 16.3. The zero-order chi connectivity index (χ0) is 15.5. The van der Waals surface area contributed by atoms with Crippen LogP contribution in [0, 0.1) is 5.41 Å². The van der Waals surface area contributed by atoms with Crippen molar-refractivity contribution in [3.63, 3.8) is 0 Å². The Morgan fingerprint density at radius 2 is 1.95 bits per heavy atom. The van der Waals surface area contributed by atoms with Gasteiger partial charge in [0.15, 0.2) is 0 Å². The molecule has 0 aliphatic carbocycles. The van der Waals surface area contributed by atoms with Crippen LogP contribution in [0.4, 0.5) is 0 Å². The third kappa shape index (κ3) is 3.57. The molecular weight excluding hydrogens is 268 g/mol. The van der Waals surface area contributed by atoms with Crippen LogP contribution in [0.5, 0.6) is 0 Å². The van der Waals surface area contributed by atoms with Crippen LogP contribution in [0.3, 0.4) is 0 Å². The molecule has 0 saturated carbocycles. The van der Waals surface area contributed by atoms with Crippen LogP contribution in [-0.4, -0.2) is 47.1 Å². The molecule has 0 aromatic carbocycles. The van der Waals surface area contributed by atoms with Gasteiger partial charge >= 0.3 is 5.97 Å². The van der Waals surface area contributed by atoms with E-state index in [0.717, 1.165) is 19.4 Å². The largest absolute Gasteiger partial charge is 0.481 e. The topological polar surface area (TPSA) is 69.6 Å². The van der Waals surface area contributed by atoms with Crippen molar-refractivity contribution in [3.8, 4) is 0 Å². The summed E-state index contributed by atoms with van der Waals surface area (Å²) >= 11 is 0. The number of nitrogens with zero attached hydrogens (tertiary/aromatic N) is 1. The van der Waals surface area contributed by atoms with Crippen LogP contribution < -0.4 is 5.32 Å². The van der Waals surface area contributed by atoms with E-state index in [1.54, 1.807) is 0 Å². The third-order valence-corrected chi connectivity index (χ3v) is 5.49. The maximum atomic E-state index is 12.3. The minimum atomic E-state index is -0.905. The zero-order valence-electron chi connectivity index (χ0n) is 13.2. The molecule has 2 N–H and O–H groups in total. The van der Waals surface area contributed by atoms with Crippen molar-refractivity contribution in [2.75, 3.05) is 13.1 Å². The van der Waals surface area contributed by atoms with Gasteiger partial charge in [-0.25, -0.2) is 0 Å². The van der Waals surface area contributed by atoms with Gasteiger partial charge in [0.05, 0.1) is 5.41 Å². The van der Waals surface area contributed by atoms with Gasteiger partial charge in [0.2, 0.25) is 5.91 Å². The van der Waals surface area contributed by atoms with Crippen molar-refractivity contribution in [2.45, 2.75) is 70.9 Å². The number of amides is 1. The van der Waals surface area contributed by atoms with Gasteiger partial charge in [-0.05, 0) is 45.1 Å². The summed E-state index contributed by atoms with van der Waals surface area (Å²) in [6, 6.07) is 0.836. The lowest BCUT2D eigenvalue weighted by molar-refractivity contribution is -0.152. The van der Waals surface area contributed by atoms with Crippen molar-refractivity contribution in [1.29, 1.82) is 0 Å². The molecule has 2 heterocycles. The first-order valence-corrected chi connectivity index (χ1v) is 8.27. The number of aliphatic carboxylic acids is 1. The molecule has 21 heavy (non-hydrogen) atoms. The van der Waals surface area contributed by atoms with Crippen molar-refractivity contribution in [2.24, 2.45) is 5.41 Å². The maximum Gasteiger partial charge on any atom is 0.310 e. The predicted molar refractivity (Wildman–Crippen MR) is 81.0 cm³/mol. The fourth-order valence-electron chi connectivity index (χ4n) is 3.82. The van der Waals surface area contributed by atoms with Crippen LogP contribution in [0.2, 0.25) is 0 Å². The van der Waals surface area contributed by atoms with Crippen molar-refractivity contribution >= 4 is 11.9 Å². The molecule has 2 aliphatic heterocycles. The molecule has 0 bridgehead atoms. The SMILES string of the molecule is CCC(CC)(CC(=O)NC1CCN2CCCC2C1)C(=O)O. The summed E-state index contributed by atoms with van der Waals surface area (Å²) in [5.74, 6) is -0.953. The lowest BCUT2D eigenvalue weighted by Crippen LogP contribution is -2.48. The van der Waals surface area contributed by atoms with E-state index in [1.807, 2.05) is 13.8 Å². The smallest absolute Gasteiger partial charge is 0.310 e. The Balaban J connectivity index is 1.88. The lowest BCUT2D eigenvalue weighted by Gasteiger charge is -2.35. The van der Waals surface area contributed by atoms with E-state index in [9.17, 15) is 14.7 Å². The van der Waals surface area contributed by atoms with Crippen molar-refractivity contribution in [1.82, 2.24) is 10.2 Å². The van der Waals surface area contributed by atoms with E-state index in [2.05, 4.69) is 10.2 Å². The van der Waals surface area contributed by atoms with Crippen LogP contribution in [0.1, 0.15) is 58.8 Å². The summed E-state index contributed by atoms with van der Waals surface area (Å²) in [6.45, 7) is 5.95. The van der Waals surface area contributed by atoms with E-state index in [1.165, 1.54) is 19.4 Å². The van der Waals surface area contributed by atoms with Gasteiger partial charge in [0.1, 0.15) is 0 Å². The summed E-state index contributed by atoms with van der Waals surface area (Å²) in [4.78, 5) is 26.2. The van der Waals surface area contributed by atoms with Gasteiger partial charge in [-0.1, -0.05) is 13.8 Å². The fourth-order valence-corrected chi connectivity index (χ4v) is 3.82. The molecule has 2 saturated heterocycles. The molecule has 5 nitrogen and oxygen atoms in total. The third-order valence-electron chi connectivity index (χ3n) is 5.49. The van der Waals surface area contributed by atoms with E-state index < -0.39 is 11.4 Å². The standard InChI is InChI=1S/C16H28N2O3/c1-3-16(4-2,15(20)21)11-14(19)17-12-7-9-18-8-5-6-13(18)10-12/h12-13H,3-11H2,1-2H3,(H,17,19)(H,20,21).